The van der Waals surface area contributed by atoms with Crippen LogP contribution in [0.5, 0.6) is 0 Å². The zero-order chi connectivity index (χ0) is 14.6. The molecule has 0 fully saturated rings. The number of thiophene rings is 1. The molecule has 1 unspecified atom stereocenters. The predicted molar refractivity (Wildman–Crippen MR) is 79.0 cm³/mol. The summed E-state index contributed by atoms with van der Waals surface area (Å²) in [6, 6.07) is 3.38. The lowest BCUT2D eigenvalue weighted by Crippen LogP contribution is -2.35. The van der Waals surface area contributed by atoms with Crippen LogP contribution in [-0.4, -0.2) is 37.5 Å². The first-order valence-corrected chi connectivity index (χ1v) is 8.72. The molecular formula is C13H23NO3S2. The lowest BCUT2D eigenvalue weighted by atomic mass is 10.1. The molecule has 1 aromatic heterocycles. The third-order valence-corrected chi connectivity index (χ3v) is 6.65. The molecule has 0 aliphatic heterocycles. The van der Waals surface area contributed by atoms with Gasteiger partial charge in [-0.05, 0) is 31.4 Å². The van der Waals surface area contributed by atoms with Gasteiger partial charge in [-0.25, -0.2) is 8.42 Å². The molecule has 1 aromatic rings. The van der Waals surface area contributed by atoms with Crippen LogP contribution in [0.2, 0.25) is 0 Å². The van der Waals surface area contributed by atoms with Crippen molar-refractivity contribution in [2.45, 2.75) is 43.9 Å². The highest BCUT2D eigenvalue weighted by molar-refractivity contribution is 7.91. The molecule has 1 N–H and O–H groups in total. The van der Waals surface area contributed by atoms with E-state index in [0.717, 1.165) is 11.3 Å². The van der Waals surface area contributed by atoms with Gasteiger partial charge in [-0.3, -0.25) is 0 Å². The van der Waals surface area contributed by atoms with E-state index in [-0.39, 0.29) is 12.6 Å². The van der Waals surface area contributed by atoms with Crippen LogP contribution in [0, 0.1) is 5.92 Å². The summed E-state index contributed by atoms with van der Waals surface area (Å²) in [4.78, 5) is 0.894. The maximum Gasteiger partial charge on any atom is 0.252 e. The first-order valence-electron chi connectivity index (χ1n) is 6.46. The minimum Gasteiger partial charge on any atom is -0.396 e. The summed E-state index contributed by atoms with van der Waals surface area (Å²) in [6.07, 6.45) is 1.34. The number of sulfonamides is 1. The van der Waals surface area contributed by atoms with Crippen molar-refractivity contribution in [3.05, 3.63) is 17.0 Å². The van der Waals surface area contributed by atoms with Crippen LogP contribution in [0.25, 0.3) is 0 Å². The fourth-order valence-corrected chi connectivity index (χ4v) is 4.85. The molecule has 0 amide bonds. The van der Waals surface area contributed by atoms with E-state index in [1.165, 1.54) is 15.6 Å². The van der Waals surface area contributed by atoms with Gasteiger partial charge in [0.05, 0.1) is 0 Å². The minimum absolute atomic E-state index is 0.0200. The SMILES string of the molecule is CC(C)CC(C)N(C)S(=O)(=O)c1ccc(CCO)s1. The molecule has 6 heteroatoms. The highest BCUT2D eigenvalue weighted by Crippen LogP contribution is 2.26. The molecular weight excluding hydrogens is 282 g/mol. The van der Waals surface area contributed by atoms with Crippen molar-refractivity contribution in [1.29, 1.82) is 0 Å². The standard InChI is InChI=1S/C13H23NO3S2/c1-10(2)9-11(3)14(4)19(16,17)13-6-5-12(18-13)7-8-15/h5-6,10-11,15H,7-9H2,1-4H3. The predicted octanol–water partition coefficient (Wildman–Crippen LogP) is 2.34. The molecule has 0 bridgehead atoms. The Balaban J connectivity index is 2.89. The van der Waals surface area contributed by atoms with Gasteiger partial charge in [0.1, 0.15) is 4.21 Å². The zero-order valence-electron chi connectivity index (χ0n) is 12.0. The summed E-state index contributed by atoms with van der Waals surface area (Å²) < 4.78 is 26.7. The van der Waals surface area contributed by atoms with Crippen molar-refractivity contribution in [2.24, 2.45) is 5.92 Å². The normalized spacial score (nSPS) is 14.3. The molecule has 110 valence electrons. The fraction of sp³-hybridized carbons (Fsp3) is 0.692. The van der Waals surface area contributed by atoms with Crippen LogP contribution < -0.4 is 0 Å². The lowest BCUT2D eigenvalue weighted by Gasteiger charge is -2.24. The van der Waals surface area contributed by atoms with Gasteiger partial charge in [0, 0.05) is 31.0 Å². The van der Waals surface area contributed by atoms with E-state index in [9.17, 15) is 8.42 Å². The van der Waals surface area contributed by atoms with Gasteiger partial charge in [-0.15, -0.1) is 11.3 Å². The monoisotopic (exact) mass is 305 g/mol. The summed E-state index contributed by atoms with van der Waals surface area (Å²) >= 11 is 1.24. The maximum absolute atomic E-state index is 12.4. The average molecular weight is 305 g/mol. The topological polar surface area (TPSA) is 57.6 Å². The number of aliphatic hydroxyl groups excluding tert-OH is 1. The van der Waals surface area contributed by atoms with E-state index in [0.29, 0.717) is 16.5 Å². The summed E-state index contributed by atoms with van der Waals surface area (Å²) in [7, 11) is -1.78. The summed E-state index contributed by atoms with van der Waals surface area (Å²) in [6.45, 7) is 6.14. The Morgan fingerprint density at radius 1 is 1.32 bits per heavy atom. The van der Waals surface area contributed by atoms with Crippen LogP contribution in [0.15, 0.2) is 16.3 Å². The van der Waals surface area contributed by atoms with Crippen molar-refractivity contribution in [1.82, 2.24) is 4.31 Å². The van der Waals surface area contributed by atoms with Gasteiger partial charge in [-0.1, -0.05) is 13.8 Å². The third-order valence-electron chi connectivity index (χ3n) is 3.06. The van der Waals surface area contributed by atoms with Gasteiger partial charge in [-0.2, -0.15) is 4.31 Å². The van der Waals surface area contributed by atoms with E-state index < -0.39 is 10.0 Å². The summed E-state index contributed by atoms with van der Waals surface area (Å²) in [5, 5.41) is 8.88. The Hall–Kier alpha value is -0.430. The maximum atomic E-state index is 12.4. The van der Waals surface area contributed by atoms with E-state index in [1.807, 2.05) is 6.92 Å². The molecule has 0 saturated carbocycles. The number of nitrogens with zero attached hydrogens (tertiary/aromatic N) is 1. The Labute approximate surface area is 120 Å². The van der Waals surface area contributed by atoms with Crippen LogP contribution >= 0.6 is 11.3 Å². The lowest BCUT2D eigenvalue weighted by molar-refractivity contribution is 0.300. The Kier molecular flexibility index (Phi) is 5.98. The van der Waals surface area contributed by atoms with Crippen LogP contribution in [0.1, 0.15) is 32.1 Å². The van der Waals surface area contributed by atoms with Crippen molar-refractivity contribution >= 4 is 21.4 Å². The number of rotatable bonds is 7. The van der Waals surface area contributed by atoms with E-state index in [4.69, 9.17) is 5.11 Å². The Bertz CT molecular complexity index is 494. The van der Waals surface area contributed by atoms with E-state index >= 15 is 0 Å². The zero-order valence-corrected chi connectivity index (χ0v) is 13.6. The molecule has 1 heterocycles. The average Bonchev–Trinajstić information content (AvgIpc) is 2.76. The first-order chi connectivity index (χ1) is 8.78. The Morgan fingerprint density at radius 3 is 2.47 bits per heavy atom. The van der Waals surface area contributed by atoms with Gasteiger partial charge < -0.3 is 5.11 Å². The van der Waals surface area contributed by atoms with Gasteiger partial charge in [0.2, 0.25) is 0 Å². The van der Waals surface area contributed by atoms with Crippen molar-refractivity contribution in [3.8, 4) is 0 Å². The molecule has 0 radical (unpaired) electrons. The first kappa shape index (κ1) is 16.6. The molecule has 0 spiro atoms. The molecule has 0 aromatic carbocycles. The van der Waals surface area contributed by atoms with E-state index in [2.05, 4.69) is 13.8 Å². The second-order valence-corrected chi connectivity index (χ2v) is 8.59. The molecule has 0 aliphatic carbocycles. The second kappa shape index (κ2) is 6.83. The van der Waals surface area contributed by atoms with Gasteiger partial charge in [0.15, 0.2) is 0 Å². The summed E-state index contributed by atoms with van der Waals surface area (Å²) in [5.74, 6) is 0.459. The molecule has 0 aliphatic rings. The van der Waals surface area contributed by atoms with Gasteiger partial charge in [0.25, 0.3) is 10.0 Å². The number of hydrogen-bond acceptors (Lipinski definition) is 4. The second-order valence-electron chi connectivity index (χ2n) is 5.19. The molecule has 4 nitrogen and oxygen atoms in total. The molecule has 0 saturated heterocycles. The van der Waals surface area contributed by atoms with Crippen molar-refractivity contribution < 1.29 is 13.5 Å². The number of hydrogen-bond donors (Lipinski definition) is 1. The van der Waals surface area contributed by atoms with E-state index in [1.54, 1.807) is 19.2 Å². The minimum atomic E-state index is -3.41. The largest absolute Gasteiger partial charge is 0.396 e. The number of aliphatic hydroxyl groups is 1. The highest BCUT2D eigenvalue weighted by Gasteiger charge is 2.27. The van der Waals surface area contributed by atoms with Crippen molar-refractivity contribution in [3.63, 3.8) is 0 Å². The van der Waals surface area contributed by atoms with Crippen LogP contribution in [0.4, 0.5) is 0 Å². The summed E-state index contributed by atoms with van der Waals surface area (Å²) in [5.41, 5.74) is 0. The molecule has 1 rings (SSSR count). The highest BCUT2D eigenvalue weighted by atomic mass is 32.2. The third kappa shape index (κ3) is 4.27. The van der Waals surface area contributed by atoms with Crippen molar-refractivity contribution in [2.75, 3.05) is 13.7 Å². The van der Waals surface area contributed by atoms with Crippen LogP contribution in [0.3, 0.4) is 0 Å². The smallest absolute Gasteiger partial charge is 0.252 e. The molecule has 1 atom stereocenters. The van der Waals surface area contributed by atoms with Gasteiger partial charge >= 0.3 is 0 Å². The fourth-order valence-electron chi connectivity index (χ4n) is 1.95. The quantitative estimate of drug-likeness (QED) is 0.841. The van der Waals surface area contributed by atoms with Crippen LogP contribution in [-0.2, 0) is 16.4 Å². The Morgan fingerprint density at radius 2 is 1.95 bits per heavy atom. The molecule has 19 heavy (non-hydrogen) atoms.